The molecule has 3 amide bonds. The molecule has 7 heteroatoms. The van der Waals surface area contributed by atoms with Crippen LogP contribution in [0.1, 0.15) is 51.9 Å². The van der Waals surface area contributed by atoms with Gasteiger partial charge in [-0.15, -0.1) is 0 Å². The Labute approximate surface area is 132 Å². The molecule has 0 atom stereocenters. The zero-order chi connectivity index (χ0) is 16.4. The molecule has 0 heterocycles. The minimum Gasteiger partial charge on any atom is -0.452 e. The Hall–Kier alpha value is -1.79. The summed E-state index contributed by atoms with van der Waals surface area (Å²) in [5.41, 5.74) is 0. The second-order valence-electron chi connectivity index (χ2n) is 5.52. The number of carbonyl (C=O) groups excluding carboxylic acids is 2. The third kappa shape index (κ3) is 6.32. The molecule has 0 spiro atoms. The highest BCUT2D eigenvalue weighted by atomic mass is 16.5. The van der Waals surface area contributed by atoms with Gasteiger partial charge in [-0.3, -0.25) is 15.2 Å². The molecule has 1 fully saturated rings. The molecule has 1 aliphatic rings. The Morgan fingerprint density at radius 3 is 2.55 bits per heavy atom. The number of ether oxygens (including phenoxy) is 1. The van der Waals surface area contributed by atoms with Crippen molar-refractivity contribution in [3.8, 4) is 0 Å². The van der Waals surface area contributed by atoms with Crippen molar-refractivity contribution in [1.29, 1.82) is 0 Å². The molecule has 22 heavy (non-hydrogen) atoms. The first-order valence-corrected chi connectivity index (χ1v) is 8.02. The Bertz CT molecular complexity index is 392. The number of aliphatic imine (C=N–C) groups is 1. The van der Waals surface area contributed by atoms with Crippen LogP contribution in [0.15, 0.2) is 4.99 Å². The Morgan fingerprint density at radius 2 is 1.95 bits per heavy atom. The highest BCUT2D eigenvalue weighted by Crippen LogP contribution is 2.17. The van der Waals surface area contributed by atoms with E-state index in [2.05, 4.69) is 27.3 Å². The molecule has 0 aliphatic heterocycles. The van der Waals surface area contributed by atoms with Crippen molar-refractivity contribution in [3.63, 3.8) is 0 Å². The number of methoxy groups -OCH3 is 1. The third-order valence-corrected chi connectivity index (χ3v) is 3.71. The van der Waals surface area contributed by atoms with E-state index in [1.54, 1.807) is 0 Å². The third-order valence-electron chi connectivity index (χ3n) is 3.71. The average molecular weight is 312 g/mol. The van der Waals surface area contributed by atoms with Gasteiger partial charge in [0, 0.05) is 19.6 Å². The summed E-state index contributed by atoms with van der Waals surface area (Å²) in [6.45, 7) is 2.61. The molecule has 2 N–H and O–H groups in total. The van der Waals surface area contributed by atoms with E-state index in [0.717, 1.165) is 38.5 Å². The summed E-state index contributed by atoms with van der Waals surface area (Å²) in [5, 5.41) is 5.61. The lowest BCUT2D eigenvalue weighted by molar-refractivity contribution is 0.151. The summed E-state index contributed by atoms with van der Waals surface area (Å²) in [6, 6.07) is -0.119. The van der Waals surface area contributed by atoms with E-state index in [1.165, 1.54) is 25.5 Å². The second kappa shape index (κ2) is 10.0. The van der Waals surface area contributed by atoms with Gasteiger partial charge in [0.2, 0.25) is 5.96 Å². The number of rotatable bonds is 4. The number of nitrogens with zero attached hydrogens (tertiary/aromatic N) is 2. The molecule has 126 valence electrons. The zero-order valence-corrected chi connectivity index (χ0v) is 13.9. The van der Waals surface area contributed by atoms with Crippen molar-refractivity contribution in [2.24, 2.45) is 4.99 Å². The van der Waals surface area contributed by atoms with Crippen LogP contribution in [0.25, 0.3) is 0 Å². The summed E-state index contributed by atoms with van der Waals surface area (Å²) in [7, 11) is 2.82. The number of urea groups is 1. The zero-order valence-electron chi connectivity index (χ0n) is 13.9. The lowest BCUT2D eigenvalue weighted by Gasteiger charge is -2.24. The number of amides is 3. The minimum atomic E-state index is -0.562. The van der Waals surface area contributed by atoms with Crippen LogP contribution in [0.3, 0.4) is 0 Å². The van der Waals surface area contributed by atoms with Crippen molar-refractivity contribution in [2.75, 3.05) is 20.7 Å². The van der Waals surface area contributed by atoms with Crippen molar-refractivity contribution in [1.82, 2.24) is 15.5 Å². The Morgan fingerprint density at radius 1 is 1.27 bits per heavy atom. The summed E-state index contributed by atoms with van der Waals surface area (Å²) in [4.78, 5) is 29.2. The van der Waals surface area contributed by atoms with Gasteiger partial charge in [0.1, 0.15) is 0 Å². The first-order chi connectivity index (χ1) is 10.6. The number of nitrogens with one attached hydrogen (secondary N) is 2. The fourth-order valence-corrected chi connectivity index (χ4v) is 2.37. The topological polar surface area (TPSA) is 83.0 Å². The van der Waals surface area contributed by atoms with Gasteiger partial charge in [0.05, 0.1) is 7.11 Å². The van der Waals surface area contributed by atoms with Crippen molar-refractivity contribution < 1.29 is 14.3 Å². The van der Waals surface area contributed by atoms with Crippen molar-refractivity contribution in [3.05, 3.63) is 0 Å². The van der Waals surface area contributed by atoms with Crippen LogP contribution in [0.4, 0.5) is 9.59 Å². The average Bonchev–Trinajstić information content (AvgIpc) is 2.53. The highest BCUT2D eigenvalue weighted by Gasteiger charge is 2.20. The van der Waals surface area contributed by atoms with Crippen LogP contribution in [-0.4, -0.2) is 49.7 Å². The molecule has 1 aliphatic carbocycles. The first kappa shape index (κ1) is 18.3. The number of guanidine groups is 1. The second-order valence-corrected chi connectivity index (χ2v) is 5.52. The van der Waals surface area contributed by atoms with Crippen LogP contribution >= 0.6 is 0 Å². The maximum Gasteiger partial charge on any atom is 0.416 e. The first-order valence-electron chi connectivity index (χ1n) is 8.02. The van der Waals surface area contributed by atoms with E-state index < -0.39 is 6.09 Å². The normalized spacial score (nSPS) is 16.0. The minimum absolute atomic E-state index is 0.203. The van der Waals surface area contributed by atoms with E-state index in [4.69, 9.17) is 0 Å². The standard InChI is InChI=1S/C15H28N4O3/c1-4-5-11-16-13(19(2)15(21)22-3)18-14(20)17-12-9-7-6-8-10-12/h12H,4-11H2,1-3H3,(H2,16,17,18,20). The quantitative estimate of drug-likeness (QED) is 0.475. The molecular weight excluding hydrogens is 284 g/mol. The number of carbonyl (C=O) groups is 2. The fourth-order valence-electron chi connectivity index (χ4n) is 2.37. The summed E-state index contributed by atoms with van der Waals surface area (Å²) in [6.07, 6.45) is 6.85. The molecule has 0 aromatic rings. The lowest BCUT2D eigenvalue weighted by atomic mass is 9.96. The van der Waals surface area contributed by atoms with Crippen LogP contribution in [0.5, 0.6) is 0 Å². The van der Waals surface area contributed by atoms with Gasteiger partial charge in [-0.2, -0.15) is 0 Å². The molecule has 1 saturated carbocycles. The van der Waals surface area contributed by atoms with Gasteiger partial charge in [-0.25, -0.2) is 9.59 Å². The molecule has 0 radical (unpaired) electrons. The molecule has 0 aromatic heterocycles. The van der Waals surface area contributed by atoms with Gasteiger partial charge in [0.25, 0.3) is 0 Å². The van der Waals surface area contributed by atoms with E-state index in [0.29, 0.717) is 6.54 Å². The monoisotopic (exact) mass is 312 g/mol. The Kier molecular flexibility index (Phi) is 8.32. The van der Waals surface area contributed by atoms with Crippen LogP contribution in [0, 0.1) is 0 Å². The Balaban J connectivity index is 2.59. The maximum absolute atomic E-state index is 12.1. The largest absolute Gasteiger partial charge is 0.452 e. The molecule has 0 unspecified atom stereocenters. The number of hydrogen-bond donors (Lipinski definition) is 2. The summed E-state index contributed by atoms with van der Waals surface area (Å²) >= 11 is 0. The van der Waals surface area contributed by atoms with Gasteiger partial charge < -0.3 is 10.1 Å². The van der Waals surface area contributed by atoms with Crippen molar-refractivity contribution in [2.45, 2.75) is 57.9 Å². The molecule has 7 nitrogen and oxygen atoms in total. The van der Waals surface area contributed by atoms with E-state index in [-0.39, 0.29) is 18.0 Å². The summed E-state index contributed by atoms with van der Waals surface area (Å²) < 4.78 is 4.67. The predicted molar refractivity (Wildman–Crippen MR) is 85.9 cm³/mol. The molecule has 0 saturated heterocycles. The number of hydrogen-bond acceptors (Lipinski definition) is 4. The van der Waals surface area contributed by atoms with E-state index >= 15 is 0 Å². The molecule has 1 rings (SSSR count). The van der Waals surface area contributed by atoms with E-state index in [1.807, 2.05) is 0 Å². The number of unbranched alkanes of at least 4 members (excludes halogenated alkanes) is 1. The summed E-state index contributed by atoms with van der Waals surface area (Å²) in [5.74, 6) is 0.216. The molecule has 0 bridgehead atoms. The van der Waals surface area contributed by atoms with Gasteiger partial charge in [-0.05, 0) is 19.3 Å². The van der Waals surface area contributed by atoms with Crippen LogP contribution < -0.4 is 10.6 Å². The van der Waals surface area contributed by atoms with Gasteiger partial charge in [0.15, 0.2) is 0 Å². The van der Waals surface area contributed by atoms with Gasteiger partial charge >= 0.3 is 12.1 Å². The SMILES string of the molecule is CCCCN=C(NC(=O)NC1CCCCC1)N(C)C(=O)OC. The fraction of sp³-hybridized carbons (Fsp3) is 0.800. The van der Waals surface area contributed by atoms with E-state index in [9.17, 15) is 9.59 Å². The smallest absolute Gasteiger partial charge is 0.416 e. The highest BCUT2D eigenvalue weighted by molar-refractivity contribution is 6.02. The van der Waals surface area contributed by atoms with Gasteiger partial charge in [-0.1, -0.05) is 32.6 Å². The molecule has 0 aromatic carbocycles. The molecular formula is C15H28N4O3. The van der Waals surface area contributed by atoms with Crippen molar-refractivity contribution >= 4 is 18.1 Å². The van der Waals surface area contributed by atoms with Crippen LogP contribution in [0.2, 0.25) is 0 Å². The maximum atomic E-state index is 12.1. The lowest BCUT2D eigenvalue weighted by Crippen LogP contribution is -2.51. The van der Waals surface area contributed by atoms with Crippen LogP contribution in [-0.2, 0) is 4.74 Å². The predicted octanol–water partition coefficient (Wildman–Crippen LogP) is 2.47.